The summed E-state index contributed by atoms with van der Waals surface area (Å²) in [6.45, 7) is 3.62. The zero-order valence-corrected chi connectivity index (χ0v) is 16.2. The van der Waals surface area contributed by atoms with Gasteiger partial charge in [0.1, 0.15) is 12.4 Å². The van der Waals surface area contributed by atoms with Crippen molar-refractivity contribution >= 4 is 17.3 Å². The maximum absolute atomic E-state index is 12.2. The number of hydrogen-bond donors (Lipinski definition) is 1. The molecule has 1 saturated heterocycles. The minimum atomic E-state index is 0.0476. The molecule has 1 aliphatic rings. The second-order valence-electron chi connectivity index (χ2n) is 6.89. The lowest BCUT2D eigenvalue weighted by atomic mass is 9.93. The van der Waals surface area contributed by atoms with Gasteiger partial charge >= 0.3 is 0 Å². The molecule has 0 aliphatic carbocycles. The van der Waals surface area contributed by atoms with E-state index in [9.17, 15) is 4.79 Å². The van der Waals surface area contributed by atoms with E-state index in [4.69, 9.17) is 14.5 Å². The number of rotatable bonds is 6. The highest BCUT2D eigenvalue weighted by Crippen LogP contribution is 2.29. The number of pyridine rings is 1. The highest BCUT2D eigenvalue weighted by atomic mass is 16.5. The first kappa shape index (κ1) is 19.2. The van der Waals surface area contributed by atoms with Gasteiger partial charge in [0.05, 0.1) is 7.11 Å². The van der Waals surface area contributed by atoms with Crippen molar-refractivity contribution in [1.82, 2.24) is 9.88 Å². The summed E-state index contributed by atoms with van der Waals surface area (Å²) in [6.07, 6.45) is 2.02. The highest BCUT2D eigenvalue weighted by Gasteiger charge is 2.25. The number of anilines is 2. The zero-order valence-electron chi connectivity index (χ0n) is 16.2. The summed E-state index contributed by atoms with van der Waals surface area (Å²) in [4.78, 5) is 18.8. The SMILES string of the molecule is COCC(=O)N1CCCC(c2cc(Nc3ccc(OC)cc3)cc(C)n2)C1. The largest absolute Gasteiger partial charge is 0.497 e. The number of nitrogens with zero attached hydrogens (tertiary/aromatic N) is 2. The van der Waals surface area contributed by atoms with Crippen LogP contribution in [0.5, 0.6) is 5.75 Å². The van der Waals surface area contributed by atoms with Gasteiger partial charge in [-0.25, -0.2) is 0 Å². The van der Waals surface area contributed by atoms with Crippen molar-refractivity contribution in [2.45, 2.75) is 25.7 Å². The average molecular weight is 369 g/mol. The Labute approximate surface area is 160 Å². The molecule has 0 bridgehead atoms. The summed E-state index contributed by atoms with van der Waals surface area (Å²) in [5.74, 6) is 1.12. The molecular weight excluding hydrogens is 342 g/mol. The molecule has 2 aromatic rings. The van der Waals surface area contributed by atoms with Crippen LogP contribution in [0.25, 0.3) is 0 Å². The van der Waals surface area contributed by atoms with Gasteiger partial charge in [-0.2, -0.15) is 0 Å². The third-order valence-corrected chi connectivity index (χ3v) is 4.81. The van der Waals surface area contributed by atoms with Gasteiger partial charge in [-0.1, -0.05) is 0 Å². The third kappa shape index (κ3) is 4.98. The molecule has 0 spiro atoms. The van der Waals surface area contributed by atoms with Crippen LogP contribution in [0.4, 0.5) is 11.4 Å². The molecule has 2 heterocycles. The topological polar surface area (TPSA) is 63.7 Å². The number of ether oxygens (including phenoxy) is 2. The molecule has 1 aromatic carbocycles. The number of carbonyl (C=O) groups is 1. The summed E-state index contributed by atoms with van der Waals surface area (Å²) in [5.41, 5.74) is 3.99. The Morgan fingerprint density at radius 2 is 2.00 bits per heavy atom. The van der Waals surface area contributed by atoms with Gasteiger partial charge in [0.25, 0.3) is 0 Å². The minimum Gasteiger partial charge on any atom is -0.497 e. The van der Waals surface area contributed by atoms with Crippen LogP contribution in [0.1, 0.15) is 30.1 Å². The number of amides is 1. The Bertz CT molecular complexity index is 777. The monoisotopic (exact) mass is 369 g/mol. The fourth-order valence-electron chi connectivity index (χ4n) is 3.48. The van der Waals surface area contributed by atoms with Crippen molar-refractivity contribution in [1.29, 1.82) is 0 Å². The summed E-state index contributed by atoms with van der Waals surface area (Å²) in [5, 5.41) is 3.43. The van der Waals surface area contributed by atoms with Crippen LogP contribution in [0, 0.1) is 6.92 Å². The van der Waals surface area contributed by atoms with Gasteiger partial charge in [0, 0.05) is 48.9 Å². The van der Waals surface area contributed by atoms with E-state index in [1.54, 1.807) is 14.2 Å². The molecule has 6 nitrogen and oxygen atoms in total. The predicted molar refractivity (Wildman–Crippen MR) is 106 cm³/mol. The normalized spacial score (nSPS) is 16.9. The molecule has 3 rings (SSSR count). The maximum atomic E-state index is 12.2. The van der Waals surface area contributed by atoms with Crippen LogP contribution in [-0.4, -0.2) is 49.7 Å². The first-order valence-electron chi connectivity index (χ1n) is 9.25. The van der Waals surface area contributed by atoms with Gasteiger partial charge < -0.3 is 19.7 Å². The van der Waals surface area contributed by atoms with Crippen molar-refractivity contribution in [3.63, 3.8) is 0 Å². The van der Waals surface area contributed by atoms with Gasteiger partial charge in [0.15, 0.2) is 0 Å². The van der Waals surface area contributed by atoms with Crippen LogP contribution in [-0.2, 0) is 9.53 Å². The average Bonchev–Trinajstić information content (AvgIpc) is 2.68. The molecule has 1 aliphatic heterocycles. The number of nitrogens with one attached hydrogen (secondary N) is 1. The number of aryl methyl sites for hydroxylation is 1. The molecule has 1 amide bonds. The lowest BCUT2D eigenvalue weighted by Gasteiger charge is -2.32. The van der Waals surface area contributed by atoms with Gasteiger partial charge in [-0.05, 0) is 56.2 Å². The lowest BCUT2D eigenvalue weighted by molar-refractivity contribution is -0.136. The van der Waals surface area contributed by atoms with Gasteiger partial charge in [-0.3, -0.25) is 9.78 Å². The fraction of sp³-hybridized carbons (Fsp3) is 0.429. The van der Waals surface area contributed by atoms with E-state index in [0.29, 0.717) is 6.54 Å². The van der Waals surface area contributed by atoms with Crippen molar-refractivity contribution < 1.29 is 14.3 Å². The van der Waals surface area contributed by atoms with Crippen LogP contribution >= 0.6 is 0 Å². The maximum Gasteiger partial charge on any atom is 0.248 e. The van der Waals surface area contributed by atoms with Crippen LogP contribution < -0.4 is 10.1 Å². The standard InChI is InChI=1S/C21H27N3O3/c1-15-11-18(23-17-6-8-19(27-3)9-7-17)12-20(22-15)16-5-4-10-24(13-16)21(25)14-26-2/h6-9,11-12,16H,4-5,10,13-14H2,1-3H3,(H,22,23). The molecule has 0 radical (unpaired) electrons. The molecular formula is C21H27N3O3. The Morgan fingerprint density at radius 3 is 2.70 bits per heavy atom. The Morgan fingerprint density at radius 1 is 1.22 bits per heavy atom. The highest BCUT2D eigenvalue weighted by molar-refractivity contribution is 5.77. The Kier molecular flexibility index (Phi) is 6.29. The Hall–Kier alpha value is -2.60. The number of methoxy groups -OCH3 is 2. The second kappa shape index (κ2) is 8.86. The molecule has 27 heavy (non-hydrogen) atoms. The molecule has 144 valence electrons. The molecule has 1 unspecified atom stereocenters. The van der Waals surface area contributed by atoms with E-state index in [0.717, 1.165) is 47.9 Å². The van der Waals surface area contributed by atoms with E-state index in [2.05, 4.69) is 11.4 Å². The Balaban J connectivity index is 1.75. The summed E-state index contributed by atoms with van der Waals surface area (Å²) >= 11 is 0. The number of aromatic nitrogens is 1. The van der Waals surface area contributed by atoms with Gasteiger partial charge in [0.2, 0.25) is 5.91 Å². The summed E-state index contributed by atoms with van der Waals surface area (Å²) in [6, 6.07) is 12.0. The number of carbonyl (C=O) groups excluding carboxylic acids is 1. The molecule has 1 N–H and O–H groups in total. The molecule has 1 aromatic heterocycles. The summed E-state index contributed by atoms with van der Waals surface area (Å²) in [7, 11) is 3.21. The van der Waals surface area contributed by atoms with Crippen LogP contribution in [0.15, 0.2) is 36.4 Å². The number of hydrogen-bond acceptors (Lipinski definition) is 5. The summed E-state index contributed by atoms with van der Waals surface area (Å²) < 4.78 is 10.2. The molecule has 1 fully saturated rings. The van der Waals surface area contributed by atoms with Gasteiger partial charge in [-0.15, -0.1) is 0 Å². The predicted octanol–water partition coefficient (Wildman–Crippen LogP) is 3.49. The quantitative estimate of drug-likeness (QED) is 0.844. The van der Waals surface area contributed by atoms with Crippen molar-refractivity contribution in [2.24, 2.45) is 0 Å². The molecule has 1 atom stereocenters. The second-order valence-corrected chi connectivity index (χ2v) is 6.89. The van der Waals surface area contributed by atoms with Crippen LogP contribution in [0.2, 0.25) is 0 Å². The van der Waals surface area contributed by atoms with E-state index in [-0.39, 0.29) is 18.4 Å². The fourth-order valence-corrected chi connectivity index (χ4v) is 3.48. The molecule has 6 heteroatoms. The zero-order chi connectivity index (χ0) is 19.2. The number of piperidine rings is 1. The first-order chi connectivity index (χ1) is 13.1. The number of likely N-dealkylation sites (tertiary alicyclic amines) is 1. The van der Waals surface area contributed by atoms with Crippen molar-refractivity contribution in [3.8, 4) is 5.75 Å². The van der Waals surface area contributed by atoms with E-state index < -0.39 is 0 Å². The van der Waals surface area contributed by atoms with Crippen molar-refractivity contribution in [2.75, 3.05) is 39.2 Å². The van der Waals surface area contributed by atoms with E-state index >= 15 is 0 Å². The third-order valence-electron chi connectivity index (χ3n) is 4.81. The first-order valence-corrected chi connectivity index (χ1v) is 9.25. The van der Waals surface area contributed by atoms with Crippen molar-refractivity contribution in [3.05, 3.63) is 47.8 Å². The number of benzene rings is 1. The van der Waals surface area contributed by atoms with E-state index in [1.807, 2.05) is 42.2 Å². The van der Waals surface area contributed by atoms with Crippen LogP contribution in [0.3, 0.4) is 0 Å². The van der Waals surface area contributed by atoms with E-state index in [1.165, 1.54) is 0 Å². The smallest absolute Gasteiger partial charge is 0.248 e. The molecule has 0 saturated carbocycles. The minimum absolute atomic E-state index is 0.0476. The lowest BCUT2D eigenvalue weighted by Crippen LogP contribution is -2.41.